The van der Waals surface area contributed by atoms with Gasteiger partial charge in [0.15, 0.2) is 11.5 Å². The molecule has 8 heteroatoms. The Kier molecular flexibility index (Phi) is 10.7. The van der Waals surface area contributed by atoms with Gasteiger partial charge in [0, 0.05) is 29.7 Å². The zero-order valence-corrected chi connectivity index (χ0v) is 16.6. The lowest BCUT2D eigenvalue weighted by atomic mass is 10.0. The second kappa shape index (κ2) is 11.6. The summed E-state index contributed by atoms with van der Waals surface area (Å²) in [7, 11) is 1.57. The zero-order chi connectivity index (χ0) is 17.5. The van der Waals surface area contributed by atoms with Crippen LogP contribution in [0.2, 0.25) is 0 Å². The number of benzene rings is 1. The highest BCUT2D eigenvalue weighted by molar-refractivity contribution is 5.95. The molecule has 1 heterocycles. The number of nitrogens with zero attached hydrogens (tertiary/aromatic N) is 1. The van der Waals surface area contributed by atoms with Gasteiger partial charge in [0.1, 0.15) is 6.61 Å². The lowest BCUT2D eigenvalue weighted by molar-refractivity contribution is -0.118. The number of rotatable bonds is 7. The fourth-order valence-electron chi connectivity index (χ4n) is 2.04. The highest BCUT2D eigenvalue weighted by atomic mass is 35.5. The second-order valence-corrected chi connectivity index (χ2v) is 5.77. The molecule has 0 aliphatic heterocycles. The number of halogens is 2. The fourth-order valence-corrected chi connectivity index (χ4v) is 2.04. The van der Waals surface area contributed by atoms with Gasteiger partial charge in [0.2, 0.25) is 5.91 Å². The van der Waals surface area contributed by atoms with Crippen LogP contribution in [-0.2, 0) is 11.4 Å². The Morgan fingerprint density at radius 3 is 2.54 bits per heavy atom. The highest BCUT2D eigenvalue weighted by Crippen LogP contribution is 2.31. The molecule has 2 rings (SSSR count). The molecule has 0 aliphatic rings. The topological polar surface area (TPSA) is 86.5 Å². The van der Waals surface area contributed by atoms with Crippen LogP contribution in [0.25, 0.3) is 0 Å². The number of nitrogens with two attached hydrogens (primary N) is 1. The molecule has 0 saturated heterocycles. The second-order valence-electron chi connectivity index (χ2n) is 5.77. The van der Waals surface area contributed by atoms with Crippen LogP contribution in [0.15, 0.2) is 42.7 Å². The molecule has 0 saturated carbocycles. The minimum absolute atomic E-state index is 0. The number of anilines is 1. The average molecular weight is 402 g/mol. The Balaban J connectivity index is 0.00000312. The quantitative estimate of drug-likeness (QED) is 0.741. The summed E-state index contributed by atoms with van der Waals surface area (Å²) < 4.78 is 11.1. The summed E-state index contributed by atoms with van der Waals surface area (Å²) in [6.45, 7) is 4.16. The van der Waals surface area contributed by atoms with Gasteiger partial charge < -0.3 is 20.5 Å². The first kappa shape index (κ1) is 24.0. The summed E-state index contributed by atoms with van der Waals surface area (Å²) in [5.41, 5.74) is 7.41. The van der Waals surface area contributed by atoms with Gasteiger partial charge in [0.25, 0.3) is 0 Å². The third kappa shape index (κ3) is 6.71. The summed E-state index contributed by atoms with van der Waals surface area (Å²) in [5, 5.41) is 2.80. The van der Waals surface area contributed by atoms with E-state index in [0.29, 0.717) is 23.8 Å². The maximum atomic E-state index is 12.1. The van der Waals surface area contributed by atoms with Crippen LogP contribution in [0, 0.1) is 5.92 Å². The van der Waals surface area contributed by atoms with Crippen molar-refractivity contribution in [3.05, 3.63) is 48.3 Å². The van der Waals surface area contributed by atoms with Crippen LogP contribution in [0.1, 0.15) is 19.4 Å². The molecule has 1 atom stereocenters. The summed E-state index contributed by atoms with van der Waals surface area (Å²) in [6.07, 6.45) is 3.44. The van der Waals surface area contributed by atoms with Crippen molar-refractivity contribution in [2.24, 2.45) is 11.7 Å². The Labute approximate surface area is 166 Å². The van der Waals surface area contributed by atoms with Crippen molar-refractivity contribution in [1.29, 1.82) is 0 Å². The van der Waals surface area contributed by atoms with Gasteiger partial charge in [-0.05, 0) is 24.1 Å². The molecule has 0 radical (unpaired) electrons. The van der Waals surface area contributed by atoms with E-state index in [9.17, 15) is 4.79 Å². The molecule has 0 aliphatic carbocycles. The lowest BCUT2D eigenvalue weighted by Crippen LogP contribution is -2.39. The molecule has 2 aromatic rings. The number of hydrogen-bond donors (Lipinski definition) is 2. The molecule has 144 valence electrons. The van der Waals surface area contributed by atoms with E-state index in [1.54, 1.807) is 37.7 Å². The van der Waals surface area contributed by atoms with Gasteiger partial charge >= 0.3 is 0 Å². The number of nitrogens with one attached hydrogen (secondary N) is 1. The Morgan fingerprint density at radius 2 is 1.96 bits per heavy atom. The number of methoxy groups -OCH3 is 1. The number of aromatic nitrogens is 1. The summed E-state index contributed by atoms with van der Waals surface area (Å²) in [4.78, 5) is 16.1. The van der Waals surface area contributed by atoms with Gasteiger partial charge in [-0.3, -0.25) is 9.78 Å². The number of carbonyl (C=O) groups excluding carboxylic acids is 1. The van der Waals surface area contributed by atoms with E-state index in [4.69, 9.17) is 15.2 Å². The highest BCUT2D eigenvalue weighted by Gasteiger charge is 2.18. The molecular formula is C18H25Cl2N3O3. The average Bonchev–Trinajstić information content (AvgIpc) is 2.60. The first-order valence-corrected chi connectivity index (χ1v) is 7.77. The zero-order valence-electron chi connectivity index (χ0n) is 15.0. The van der Waals surface area contributed by atoms with Gasteiger partial charge in [-0.1, -0.05) is 19.9 Å². The normalized spacial score (nSPS) is 11.0. The lowest BCUT2D eigenvalue weighted by Gasteiger charge is -2.17. The Bertz CT molecular complexity index is 685. The van der Waals surface area contributed by atoms with Crippen LogP contribution in [0.3, 0.4) is 0 Å². The predicted octanol–water partition coefficient (Wildman–Crippen LogP) is 3.43. The van der Waals surface area contributed by atoms with E-state index >= 15 is 0 Å². The SMILES string of the molecule is COc1ccc(NC(=O)C(N)C(C)C)cc1OCc1cccnc1.Cl.Cl. The number of pyridine rings is 1. The third-order valence-corrected chi connectivity index (χ3v) is 3.57. The van der Waals surface area contributed by atoms with Crippen molar-refractivity contribution in [2.75, 3.05) is 12.4 Å². The van der Waals surface area contributed by atoms with Gasteiger partial charge in [-0.15, -0.1) is 24.8 Å². The number of hydrogen-bond acceptors (Lipinski definition) is 5. The summed E-state index contributed by atoms with van der Waals surface area (Å²) in [6, 6.07) is 8.43. The summed E-state index contributed by atoms with van der Waals surface area (Å²) >= 11 is 0. The van der Waals surface area contributed by atoms with Crippen LogP contribution < -0.4 is 20.5 Å². The monoisotopic (exact) mass is 401 g/mol. The van der Waals surface area contributed by atoms with Gasteiger partial charge in [0.05, 0.1) is 13.2 Å². The number of amides is 1. The molecular weight excluding hydrogens is 377 g/mol. The largest absolute Gasteiger partial charge is 0.493 e. The molecule has 0 bridgehead atoms. The molecule has 1 amide bonds. The molecule has 26 heavy (non-hydrogen) atoms. The maximum Gasteiger partial charge on any atom is 0.241 e. The minimum Gasteiger partial charge on any atom is -0.493 e. The molecule has 3 N–H and O–H groups in total. The van der Waals surface area contributed by atoms with Crippen molar-refractivity contribution < 1.29 is 14.3 Å². The molecule has 6 nitrogen and oxygen atoms in total. The molecule has 1 aromatic carbocycles. The van der Waals surface area contributed by atoms with Crippen LogP contribution >= 0.6 is 24.8 Å². The van der Waals surface area contributed by atoms with E-state index < -0.39 is 6.04 Å². The molecule has 0 fully saturated rings. The summed E-state index contributed by atoms with van der Waals surface area (Å²) in [5.74, 6) is 0.959. The Hall–Kier alpha value is -2.02. The minimum atomic E-state index is -0.563. The van der Waals surface area contributed by atoms with Crippen LogP contribution in [-0.4, -0.2) is 24.0 Å². The number of ether oxygens (including phenoxy) is 2. The standard InChI is InChI=1S/C18H23N3O3.2ClH/c1-12(2)17(19)18(22)21-14-6-7-15(23-3)16(9-14)24-11-13-5-4-8-20-10-13;;/h4-10,12,17H,11,19H2,1-3H3,(H,21,22);2*1H. The van der Waals surface area contributed by atoms with E-state index in [-0.39, 0.29) is 36.6 Å². The first-order valence-electron chi connectivity index (χ1n) is 7.77. The maximum absolute atomic E-state index is 12.1. The van der Waals surface area contributed by atoms with Crippen molar-refractivity contribution in [1.82, 2.24) is 4.98 Å². The number of carbonyl (C=O) groups is 1. The van der Waals surface area contributed by atoms with E-state index in [0.717, 1.165) is 5.56 Å². The van der Waals surface area contributed by atoms with Crippen molar-refractivity contribution >= 4 is 36.4 Å². The predicted molar refractivity (Wildman–Crippen MR) is 108 cm³/mol. The first-order chi connectivity index (χ1) is 11.5. The third-order valence-electron chi connectivity index (χ3n) is 3.57. The van der Waals surface area contributed by atoms with Crippen molar-refractivity contribution in [2.45, 2.75) is 26.5 Å². The molecule has 1 aromatic heterocycles. The Morgan fingerprint density at radius 1 is 1.23 bits per heavy atom. The van der Waals surface area contributed by atoms with Crippen molar-refractivity contribution in [3.63, 3.8) is 0 Å². The van der Waals surface area contributed by atoms with Gasteiger partial charge in [-0.25, -0.2) is 0 Å². The van der Waals surface area contributed by atoms with E-state index in [1.165, 1.54) is 0 Å². The molecule has 0 spiro atoms. The smallest absolute Gasteiger partial charge is 0.241 e. The van der Waals surface area contributed by atoms with E-state index in [2.05, 4.69) is 10.3 Å². The van der Waals surface area contributed by atoms with Gasteiger partial charge in [-0.2, -0.15) is 0 Å². The van der Waals surface area contributed by atoms with Crippen molar-refractivity contribution in [3.8, 4) is 11.5 Å². The van der Waals surface area contributed by atoms with Crippen LogP contribution in [0.5, 0.6) is 11.5 Å². The fraction of sp³-hybridized carbons (Fsp3) is 0.333. The van der Waals surface area contributed by atoms with E-state index in [1.807, 2.05) is 26.0 Å². The van der Waals surface area contributed by atoms with Crippen LogP contribution in [0.4, 0.5) is 5.69 Å². The molecule has 1 unspecified atom stereocenters.